The van der Waals surface area contributed by atoms with Crippen molar-refractivity contribution in [1.82, 2.24) is 9.80 Å². The number of benzene rings is 1. The van der Waals surface area contributed by atoms with Crippen molar-refractivity contribution in [3.05, 3.63) is 28.8 Å². The summed E-state index contributed by atoms with van der Waals surface area (Å²) in [6.07, 6.45) is 0. The Kier molecular flexibility index (Phi) is 3.69. The van der Waals surface area contributed by atoms with Crippen molar-refractivity contribution >= 4 is 40.9 Å². The lowest BCUT2D eigenvalue weighted by atomic mass is 10.1. The molecule has 0 saturated carbocycles. The molecule has 0 bridgehead atoms. The van der Waals surface area contributed by atoms with E-state index in [2.05, 4.69) is 5.32 Å². The summed E-state index contributed by atoms with van der Waals surface area (Å²) in [5, 5.41) is 3.03. The van der Waals surface area contributed by atoms with Crippen LogP contribution in [0.5, 0.6) is 0 Å². The third kappa shape index (κ3) is 2.61. The van der Waals surface area contributed by atoms with Gasteiger partial charge in [0.1, 0.15) is 6.04 Å². The minimum Gasteiger partial charge on any atom is -0.361 e. The van der Waals surface area contributed by atoms with Gasteiger partial charge < -0.3 is 20.9 Å². The maximum atomic E-state index is 12.6. The highest BCUT2D eigenvalue weighted by atomic mass is 35.5. The van der Waals surface area contributed by atoms with Crippen LogP contribution in [0.1, 0.15) is 10.4 Å². The number of amides is 4. The van der Waals surface area contributed by atoms with Crippen molar-refractivity contribution in [3.63, 3.8) is 0 Å². The molecule has 0 radical (unpaired) electrons. The lowest BCUT2D eigenvalue weighted by molar-refractivity contribution is -0.146. The molecule has 23 heavy (non-hydrogen) atoms. The van der Waals surface area contributed by atoms with E-state index in [1.165, 1.54) is 15.9 Å². The molecule has 0 spiro atoms. The largest absolute Gasteiger partial charge is 0.361 e. The zero-order valence-corrected chi connectivity index (χ0v) is 12.7. The van der Waals surface area contributed by atoms with Crippen LogP contribution in [0, 0.1) is 0 Å². The molecule has 2 aliphatic heterocycles. The molecule has 1 unspecified atom stereocenters. The smallest absolute Gasteiger partial charge is 0.311 e. The second kappa shape index (κ2) is 5.54. The van der Waals surface area contributed by atoms with Crippen molar-refractivity contribution in [3.8, 4) is 0 Å². The lowest BCUT2D eigenvalue weighted by Crippen LogP contribution is -2.60. The van der Waals surface area contributed by atoms with Gasteiger partial charge in [0.25, 0.3) is 5.91 Å². The summed E-state index contributed by atoms with van der Waals surface area (Å²) < 4.78 is 0. The number of anilines is 1. The van der Waals surface area contributed by atoms with Crippen molar-refractivity contribution in [1.29, 1.82) is 0 Å². The van der Waals surface area contributed by atoms with E-state index < -0.39 is 23.8 Å². The monoisotopic (exact) mass is 336 g/mol. The Morgan fingerprint density at radius 2 is 2.00 bits per heavy atom. The molecule has 2 aliphatic rings. The summed E-state index contributed by atoms with van der Waals surface area (Å²) >= 11 is 5.90. The fraction of sp³-hybridized carbons (Fsp3) is 0.286. The standard InChI is InChI=1S/C14H13ClN4O4/c15-7-1-2-8-9(5-7)17-12(21)10-6-18(14(23)11(16)20)3-4-19(10)13(8)22/h1-2,5,10H,3-4,6H2,(H2,16,20)(H,17,21). The number of halogens is 1. The fourth-order valence-electron chi connectivity index (χ4n) is 2.77. The number of carbonyl (C=O) groups excluding carboxylic acids is 4. The van der Waals surface area contributed by atoms with Crippen LogP contribution in [0.4, 0.5) is 5.69 Å². The highest BCUT2D eigenvalue weighted by Crippen LogP contribution is 2.27. The van der Waals surface area contributed by atoms with E-state index in [1.54, 1.807) is 12.1 Å². The van der Waals surface area contributed by atoms with Crippen molar-refractivity contribution < 1.29 is 19.2 Å². The third-order valence-corrected chi connectivity index (χ3v) is 4.15. The average molecular weight is 337 g/mol. The molecule has 1 fully saturated rings. The first kappa shape index (κ1) is 15.3. The van der Waals surface area contributed by atoms with Crippen molar-refractivity contribution in [2.24, 2.45) is 5.73 Å². The van der Waals surface area contributed by atoms with Gasteiger partial charge in [-0.15, -0.1) is 0 Å². The van der Waals surface area contributed by atoms with Gasteiger partial charge in [0, 0.05) is 18.1 Å². The highest BCUT2D eigenvalue weighted by molar-refractivity contribution is 6.34. The van der Waals surface area contributed by atoms with Crippen molar-refractivity contribution in [2.75, 3.05) is 25.0 Å². The Morgan fingerprint density at radius 1 is 1.26 bits per heavy atom. The Balaban J connectivity index is 1.93. The van der Waals surface area contributed by atoms with E-state index >= 15 is 0 Å². The molecule has 1 aromatic rings. The summed E-state index contributed by atoms with van der Waals surface area (Å²) in [7, 11) is 0. The van der Waals surface area contributed by atoms with E-state index in [-0.39, 0.29) is 25.5 Å². The number of nitrogens with two attached hydrogens (primary N) is 1. The molecule has 3 N–H and O–H groups in total. The summed E-state index contributed by atoms with van der Waals surface area (Å²) in [6.45, 7) is 0.194. The zero-order chi connectivity index (χ0) is 16.7. The fourth-order valence-corrected chi connectivity index (χ4v) is 2.94. The average Bonchev–Trinajstić information content (AvgIpc) is 2.62. The highest BCUT2D eigenvalue weighted by Gasteiger charge is 2.41. The number of nitrogens with one attached hydrogen (secondary N) is 1. The van der Waals surface area contributed by atoms with Crippen LogP contribution in [-0.2, 0) is 14.4 Å². The molecule has 8 nitrogen and oxygen atoms in total. The summed E-state index contributed by atoms with van der Waals surface area (Å²) in [4.78, 5) is 50.3. The topological polar surface area (TPSA) is 113 Å². The van der Waals surface area contributed by atoms with E-state index in [1.807, 2.05) is 0 Å². The number of carbonyl (C=O) groups is 4. The zero-order valence-electron chi connectivity index (χ0n) is 11.9. The van der Waals surface area contributed by atoms with Gasteiger partial charge >= 0.3 is 11.8 Å². The number of nitrogens with zero attached hydrogens (tertiary/aromatic N) is 2. The molecule has 1 aromatic carbocycles. The number of hydrogen-bond donors (Lipinski definition) is 2. The third-order valence-electron chi connectivity index (χ3n) is 3.91. The molecule has 120 valence electrons. The van der Waals surface area contributed by atoms with Gasteiger partial charge in [-0.1, -0.05) is 11.6 Å². The van der Waals surface area contributed by atoms with Crippen LogP contribution in [0.15, 0.2) is 18.2 Å². The number of primary amides is 1. The maximum absolute atomic E-state index is 12.6. The van der Waals surface area contributed by atoms with E-state index in [4.69, 9.17) is 17.3 Å². The van der Waals surface area contributed by atoms with Crippen LogP contribution in [-0.4, -0.2) is 59.1 Å². The van der Waals surface area contributed by atoms with Crippen LogP contribution in [0.3, 0.4) is 0 Å². The van der Waals surface area contributed by atoms with E-state index in [0.29, 0.717) is 16.3 Å². The first-order valence-corrected chi connectivity index (χ1v) is 7.26. The minimum absolute atomic E-state index is 0.0823. The molecule has 0 aliphatic carbocycles. The first-order valence-electron chi connectivity index (χ1n) is 6.88. The van der Waals surface area contributed by atoms with Crippen LogP contribution in [0.2, 0.25) is 5.02 Å². The van der Waals surface area contributed by atoms with E-state index in [0.717, 1.165) is 0 Å². The Bertz CT molecular complexity index is 735. The van der Waals surface area contributed by atoms with Gasteiger partial charge in [-0.3, -0.25) is 19.2 Å². The minimum atomic E-state index is -1.09. The Morgan fingerprint density at radius 3 is 2.70 bits per heavy atom. The maximum Gasteiger partial charge on any atom is 0.311 e. The second-order valence-corrected chi connectivity index (χ2v) is 5.75. The van der Waals surface area contributed by atoms with Gasteiger partial charge in [0.15, 0.2) is 0 Å². The molecule has 2 heterocycles. The molecule has 1 atom stereocenters. The molecule has 9 heteroatoms. The first-order chi connectivity index (χ1) is 10.9. The van der Waals surface area contributed by atoms with Gasteiger partial charge in [-0.2, -0.15) is 0 Å². The van der Waals surface area contributed by atoms with Crippen molar-refractivity contribution in [2.45, 2.75) is 6.04 Å². The quantitative estimate of drug-likeness (QED) is 0.618. The molecule has 0 aromatic heterocycles. The van der Waals surface area contributed by atoms with E-state index in [9.17, 15) is 19.2 Å². The molecule has 4 amide bonds. The van der Waals surface area contributed by atoms with Gasteiger partial charge in [-0.05, 0) is 18.2 Å². The van der Waals surface area contributed by atoms with Gasteiger partial charge in [0.2, 0.25) is 5.91 Å². The summed E-state index contributed by atoms with van der Waals surface area (Å²) in [6, 6.07) is 3.73. The molecular weight excluding hydrogens is 324 g/mol. The molecule has 3 rings (SSSR count). The van der Waals surface area contributed by atoms with Crippen LogP contribution >= 0.6 is 11.6 Å². The summed E-state index contributed by atoms with van der Waals surface area (Å²) in [5.41, 5.74) is 5.65. The summed E-state index contributed by atoms with van der Waals surface area (Å²) in [5.74, 6) is -2.73. The van der Waals surface area contributed by atoms with Gasteiger partial charge in [0.05, 0.1) is 17.8 Å². The van der Waals surface area contributed by atoms with Gasteiger partial charge in [-0.25, -0.2) is 0 Å². The SMILES string of the molecule is NC(=O)C(=O)N1CCN2C(=O)c3ccc(Cl)cc3NC(=O)C2C1. The predicted octanol–water partition coefficient (Wildman–Crippen LogP) is -0.570. The van der Waals surface area contributed by atoms with Crippen LogP contribution < -0.4 is 11.1 Å². The Labute approximate surface area is 136 Å². The number of fused-ring (bicyclic) bond motifs is 2. The lowest BCUT2D eigenvalue weighted by Gasteiger charge is -2.38. The van der Waals surface area contributed by atoms with Crippen LogP contribution in [0.25, 0.3) is 0 Å². The number of rotatable bonds is 0. The predicted molar refractivity (Wildman–Crippen MR) is 80.7 cm³/mol. The molecule has 1 saturated heterocycles. The Hall–Kier alpha value is -2.61. The second-order valence-electron chi connectivity index (χ2n) is 5.31. The number of piperazine rings is 1. The normalized spacial score (nSPS) is 20.3. The molecular formula is C14H13ClN4O4. The number of hydrogen-bond acceptors (Lipinski definition) is 4.